The van der Waals surface area contributed by atoms with E-state index in [0.717, 1.165) is 47.4 Å². The van der Waals surface area contributed by atoms with E-state index < -0.39 is 0 Å². The van der Waals surface area contributed by atoms with E-state index in [9.17, 15) is 4.79 Å². The molecule has 1 fully saturated rings. The van der Waals surface area contributed by atoms with E-state index in [1.54, 1.807) is 0 Å². The number of anilines is 1. The van der Waals surface area contributed by atoms with Crippen LogP contribution in [0.2, 0.25) is 0 Å². The zero-order chi connectivity index (χ0) is 17.7. The minimum Gasteiger partial charge on any atom is -0.320 e. The van der Waals surface area contributed by atoms with Gasteiger partial charge in [-0.2, -0.15) is 0 Å². The van der Waals surface area contributed by atoms with E-state index in [1.165, 1.54) is 31.2 Å². The van der Waals surface area contributed by atoms with Gasteiger partial charge in [0.1, 0.15) is 0 Å². The van der Waals surface area contributed by atoms with Gasteiger partial charge in [0, 0.05) is 44.8 Å². The summed E-state index contributed by atoms with van der Waals surface area (Å²) in [4.78, 5) is 13.2. The summed E-state index contributed by atoms with van der Waals surface area (Å²) in [5, 5.41) is 3.28. The molecule has 1 aliphatic rings. The van der Waals surface area contributed by atoms with Crippen LogP contribution in [-0.4, -0.2) is 36.1 Å². The average molecular weight is 420 g/mol. The predicted octanol–water partition coefficient (Wildman–Crippen LogP) is 4.74. The molecule has 25 heavy (non-hydrogen) atoms. The van der Waals surface area contributed by atoms with Crippen LogP contribution in [0, 0.1) is 20.8 Å². The van der Waals surface area contributed by atoms with E-state index in [2.05, 4.69) is 52.1 Å². The van der Waals surface area contributed by atoms with Crippen molar-refractivity contribution in [1.82, 2.24) is 0 Å². The van der Waals surface area contributed by atoms with Crippen molar-refractivity contribution in [1.29, 1.82) is 0 Å². The van der Waals surface area contributed by atoms with E-state index in [1.807, 2.05) is 0 Å². The minimum atomic E-state index is 0. The van der Waals surface area contributed by atoms with Crippen molar-refractivity contribution >= 4 is 11.6 Å². The third-order valence-corrected chi connectivity index (χ3v) is 5.86. The van der Waals surface area contributed by atoms with E-state index >= 15 is 0 Å². The number of benzene rings is 1. The zero-order valence-electron chi connectivity index (χ0n) is 16.8. The Balaban J connectivity index is 0.00000312. The maximum atomic E-state index is 13.2. The molecule has 1 heterocycles. The summed E-state index contributed by atoms with van der Waals surface area (Å²) in [5.41, 5.74) is 4.58. The first kappa shape index (κ1) is 22.8. The molecule has 1 radical (unpaired) electrons. The Labute approximate surface area is 179 Å². The van der Waals surface area contributed by atoms with Crippen molar-refractivity contribution in [3.8, 4) is 0 Å². The Bertz CT molecular complexity index is 554. The quantitative estimate of drug-likeness (QED) is 0.686. The molecular formula is C21H35N2OY+. The Morgan fingerprint density at radius 3 is 2.00 bits per heavy atom. The van der Waals surface area contributed by atoms with Crippen LogP contribution >= 0.6 is 0 Å². The monoisotopic (exact) mass is 420 g/mol. The second kappa shape index (κ2) is 10.2. The molecule has 0 aromatic heterocycles. The molecule has 2 rings (SSSR count). The van der Waals surface area contributed by atoms with E-state index in [4.69, 9.17) is 0 Å². The molecule has 1 aliphatic heterocycles. The van der Waals surface area contributed by atoms with Crippen molar-refractivity contribution in [2.45, 2.75) is 72.8 Å². The number of nitrogens with one attached hydrogen (secondary N) is 1. The molecule has 137 valence electrons. The minimum absolute atomic E-state index is 0. The molecule has 1 aromatic rings. The number of carbonyl (C=O) groups is 1. The van der Waals surface area contributed by atoms with Crippen LogP contribution in [0.1, 0.15) is 62.6 Å². The van der Waals surface area contributed by atoms with Gasteiger partial charge in [-0.3, -0.25) is 4.79 Å². The SMILES string of the molecule is CCC(C(=O)Nc1c(C)cc(C)cc1C)[N+]1(CC)CCCCCC1.[Y]. The number of amides is 1. The second-order valence-electron chi connectivity index (χ2n) is 7.58. The smallest absolute Gasteiger partial charge is 0.282 e. The second-order valence-corrected chi connectivity index (χ2v) is 7.58. The molecule has 4 heteroatoms. The van der Waals surface area contributed by atoms with Crippen LogP contribution in [0.3, 0.4) is 0 Å². The number of rotatable bonds is 5. The molecule has 0 bridgehead atoms. The number of likely N-dealkylation sites (N-methyl/N-ethyl adjacent to an activating group) is 1. The van der Waals surface area contributed by atoms with Crippen molar-refractivity contribution in [3.63, 3.8) is 0 Å². The summed E-state index contributed by atoms with van der Waals surface area (Å²) >= 11 is 0. The summed E-state index contributed by atoms with van der Waals surface area (Å²) in [6.45, 7) is 14.1. The van der Waals surface area contributed by atoms with Gasteiger partial charge in [-0.1, -0.05) is 24.6 Å². The first-order valence-electron chi connectivity index (χ1n) is 9.68. The topological polar surface area (TPSA) is 29.1 Å². The molecule has 0 spiro atoms. The fourth-order valence-corrected chi connectivity index (χ4v) is 4.57. The summed E-state index contributed by atoms with van der Waals surface area (Å²) in [7, 11) is 0. The van der Waals surface area contributed by atoms with Gasteiger partial charge in [-0.25, -0.2) is 0 Å². The molecule has 1 unspecified atom stereocenters. The number of hydrogen-bond donors (Lipinski definition) is 1. The number of likely N-dealkylation sites (tertiary alicyclic amines) is 1. The Hall–Kier alpha value is -0.246. The predicted molar refractivity (Wildman–Crippen MR) is 102 cm³/mol. The number of nitrogens with zero attached hydrogens (tertiary/aromatic N) is 1. The molecule has 1 aromatic carbocycles. The van der Waals surface area contributed by atoms with E-state index in [0.29, 0.717) is 0 Å². The number of carbonyl (C=O) groups excluding carboxylic acids is 1. The molecule has 1 amide bonds. The Morgan fingerprint density at radius 1 is 1.04 bits per heavy atom. The first-order chi connectivity index (χ1) is 11.4. The largest absolute Gasteiger partial charge is 0.320 e. The van der Waals surface area contributed by atoms with Crippen molar-refractivity contribution in [2.24, 2.45) is 0 Å². The summed E-state index contributed by atoms with van der Waals surface area (Å²) < 4.78 is 0.965. The fraction of sp³-hybridized carbons (Fsp3) is 0.667. The van der Waals surface area contributed by atoms with Gasteiger partial charge in [-0.15, -0.1) is 0 Å². The molecule has 1 N–H and O–H groups in total. The maximum absolute atomic E-state index is 13.2. The molecule has 3 nitrogen and oxygen atoms in total. The third kappa shape index (κ3) is 5.37. The zero-order valence-corrected chi connectivity index (χ0v) is 19.7. The van der Waals surface area contributed by atoms with Gasteiger partial charge < -0.3 is 9.80 Å². The van der Waals surface area contributed by atoms with Crippen molar-refractivity contribution in [3.05, 3.63) is 28.8 Å². The van der Waals surface area contributed by atoms with Crippen LogP contribution in [0.25, 0.3) is 0 Å². The Morgan fingerprint density at radius 2 is 1.56 bits per heavy atom. The van der Waals surface area contributed by atoms with Crippen molar-refractivity contribution < 1.29 is 42.0 Å². The van der Waals surface area contributed by atoms with E-state index in [-0.39, 0.29) is 44.7 Å². The summed E-state index contributed by atoms with van der Waals surface area (Å²) in [5.74, 6) is 0.205. The van der Waals surface area contributed by atoms with Gasteiger partial charge in [0.05, 0.1) is 19.6 Å². The molecular weight excluding hydrogens is 385 g/mol. The normalized spacial score (nSPS) is 18.0. The summed E-state index contributed by atoms with van der Waals surface area (Å²) in [6.07, 6.45) is 6.03. The van der Waals surface area contributed by atoms with Gasteiger partial charge in [0.2, 0.25) is 0 Å². The molecule has 0 aliphatic carbocycles. The molecule has 0 saturated carbocycles. The maximum Gasteiger partial charge on any atom is 0.282 e. The summed E-state index contributed by atoms with van der Waals surface area (Å²) in [6, 6.07) is 4.37. The van der Waals surface area contributed by atoms with Gasteiger partial charge in [0.15, 0.2) is 6.04 Å². The van der Waals surface area contributed by atoms with Gasteiger partial charge >= 0.3 is 0 Å². The third-order valence-electron chi connectivity index (χ3n) is 5.86. The van der Waals surface area contributed by atoms with Crippen LogP contribution in [0.15, 0.2) is 12.1 Å². The molecule has 1 saturated heterocycles. The Kier molecular flexibility index (Phi) is 9.28. The van der Waals surface area contributed by atoms with Gasteiger partial charge in [-0.05, 0) is 64.5 Å². The van der Waals surface area contributed by atoms with Crippen LogP contribution in [0.5, 0.6) is 0 Å². The number of quaternary nitrogens is 1. The van der Waals surface area contributed by atoms with Crippen LogP contribution in [-0.2, 0) is 37.5 Å². The first-order valence-corrected chi connectivity index (χ1v) is 9.68. The van der Waals surface area contributed by atoms with Gasteiger partial charge in [0.25, 0.3) is 5.91 Å². The standard InChI is InChI=1S/C21H34N2O.Y/c1-6-19(23(7-2)12-10-8-9-11-13-23)21(24)22-20-17(4)14-16(3)15-18(20)5;/h14-15,19H,6-13H2,1-5H3;/p+1. The number of aryl methyl sites for hydroxylation is 3. The number of hydrogen-bond acceptors (Lipinski definition) is 1. The average Bonchev–Trinajstić information content (AvgIpc) is 2.78. The molecule has 1 atom stereocenters. The van der Waals surface area contributed by atoms with Crippen LogP contribution in [0.4, 0.5) is 5.69 Å². The fourth-order valence-electron chi connectivity index (χ4n) is 4.57. The van der Waals surface area contributed by atoms with Crippen molar-refractivity contribution in [2.75, 3.05) is 25.0 Å². The van der Waals surface area contributed by atoms with Crippen LogP contribution < -0.4 is 5.32 Å².